The molecule has 0 aliphatic rings. The summed E-state index contributed by atoms with van der Waals surface area (Å²) in [7, 11) is 1.36. The van der Waals surface area contributed by atoms with Crippen LogP contribution in [0.4, 0.5) is 4.79 Å². The van der Waals surface area contributed by atoms with Crippen LogP contribution in [0, 0.1) is 5.92 Å². The van der Waals surface area contributed by atoms with Crippen molar-refractivity contribution in [1.29, 1.82) is 0 Å². The summed E-state index contributed by atoms with van der Waals surface area (Å²) in [5.41, 5.74) is 1.79. The van der Waals surface area contributed by atoms with Gasteiger partial charge >= 0.3 is 12.1 Å². The standard InChI is InChI=1S/C20H26N2O5/c1-15(13-21-20(24)26-14-16-6-4-3-5-7-16)8-9-17-12-18(27-22-17)10-11-19(23)25-2/h3-7,12,15H,8-11,13-14H2,1-2H3,(H,21,24). The summed E-state index contributed by atoms with van der Waals surface area (Å²) in [4.78, 5) is 22.9. The fourth-order valence-corrected chi connectivity index (χ4v) is 2.45. The second-order valence-corrected chi connectivity index (χ2v) is 6.45. The van der Waals surface area contributed by atoms with Gasteiger partial charge in [0.25, 0.3) is 0 Å². The van der Waals surface area contributed by atoms with E-state index in [1.165, 1.54) is 7.11 Å². The SMILES string of the molecule is COC(=O)CCc1cc(CCC(C)CNC(=O)OCc2ccccc2)no1. The van der Waals surface area contributed by atoms with Crippen LogP contribution < -0.4 is 5.32 Å². The van der Waals surface area contributed by atoms with Crippen molar-refractivity contribution in [3.8, 4) is 0 Å². The van der Waals surface area contributed by atoms with Gasteiger partial charge in [-0.3, -0.25) is 4.79 Å². The average molecular weight is 374 g/mol. The minimum absolute atomic E-state index is 0.258. The number of ether oxygens (including phenoxy) is 2. The van der Waals surface area contributed by atoms with Gasteiger partial charge < -0.3 is 19.3 Å². The number of carbonyl (C=O) groups is 2. The average Bonchev–Trinajstić information content (AvgIpc) is 3.16. The highest BCUT2D eigenvalue weighted by atomic mass is 16.5. The number of amides is 1. The van der Waals surface area contributed by atoms with E-state index < -0.39 is 6.09 Å². The minimum Gasteiger partial charge on any atom is -0.469 e. The van der Waals surface area contributed by atoms with Crippen LogP contribution in [0.3, 0.4) is 0 Å². The molecule has 0 aliphatic heterocycles. The third-order valence-corrected chi connectivity index (χ3v) is 4.11. The monoisotopic (exact) mass is 374 g/mol. The molecule has 0 radical (unpaired) electrons. The third kappa shape index (κ3) is 7.94. The molecule has 0 spiro atoms. The van der Waals surface area contributed by atoms with E-state index in [1.807, 2.05) is 36.4 Å². The Morgan fingerprint density at radius 1 is 1.22 bits per heavy atom. The number of hydrogen-bond donors (Lipinski definition) is 1. The lowest BCUT2D eigenvalue weighted by atomic mass is 10.0. The molecule has 0 bridgehead atoms. The Morgan fingerprint density at radius 3 is 2.74 bits per heavy atom. The maximum atomic E-state index is 11.8. The number of nitrogens with zero attached hydrogens (tertiary/aromatic N) is 1. The molecule has 0 aliphatic carbocycles. The van der Waals surface area contributed by atoms with E-state index in [-0.39, 0.29) is 24.9 Å². The maximum Gasteiger partial charge on any atom is 0.407 e. The lowest BCUT2D eigenvalue weighted by Gasteiger charge is -2.12. The van der Waals surface area contributed by atoms with Gasteiger partial charge in [-0.15, -0.1) is 0 Å². The van der Waals surface area contributed by atoms with Crippen LogP contribution >= 0.6 is 0 Å². The predicted octanol–water partition coefficient (Wildman–Crippen LogP) is 3.28. The molecule has 0 saturated heterocycles. The van der Waals surface area contributed by atoms with Crippen molar-refractivity contribution < 1.29 is 23.6 Å². The zero-order valence-corrected chi connectivity index (χ0v) is 15.8. The lowest BCUT2D eigenvalue weighted by molar-refractivity contribution is -0.140. The predicted molar refractivity (Wildman–Crippen MR) is 99.0 cm³/mol. The van der Waals surface area contributed by atoms with Gasteiger partial charge in [0.2, 0.25) is 0 Å². The van der Waals surface area contributed by atoms with Crippen LogP contribution in [0.15, 0.2) is 40.9 Å². The largest absolute Gasteiger partial charge is 0.469 e. The number of aromatic nitrogens is 1. The Balaban J connectivity index is 1.61. The Morgan fingerprint density at radius 2 is 2.00 bits per heavy atom. The van der Waals surface area contributed by atoms with Crippen LogP contribution in [-0.2, 0) is 33.7 Å². The second kappa shape index (κ2) is 11.0. The zero-order valence-electron chi connectivity index (χ0n) is 15.8. The minimum atomic E-state index is -0.419. The summed E-state index contributed by atoms with van der Waals surface area (Å²) < 4.78 is 15.0. The van der Waals surface area contributed by atoms with Gasteiger partial charge in [-0.25, -0.2) is 4.79 Å². The van der Waals surface area contributed by atoms with Crippen molar-refractivity contribution in [3.63, 3.8) is 0 Å². The molecule has 0 fully saturated rings. The molecule has 1 aromatic carbocycles. The van der Waals surface area contributed by atoms with Crippen molar-refractivity contribution >= 4 is 12.1 Å². The summed E-state index contributed by atoms with van der Waals surface area (Å²) in [6.07, 6.45) is 1.92. The number of carbonyl (C=O) groups excluding carboxylic acids is 2. The van der Waals surface area contributed by atoms with E-state index in [4.69, 9.17) is 9.26 Å². The van der Waals surface area contributed by atoms with Crippen molar-refractivity contribution in [3.05, 3.63) is 53.4 Å². The highest BCUT2D eigenvalue weighted by Gasteiger charge is 2.11. The Kier molecular flexibility index (Phi) is 8.35. The van der Waals surface area contributed by atoms with Gasteiger partial charge in [-0.1, -0.05) is 42.4 Å². The molecule has 27 heavy (non-hydrogen) atoms. The van der Waals surface area contributed by atoms with E-state index in [1.54, 1.807) is 0 Å². The number of rotatable bonds is 10. The first kappa shape index (κ1) is 20.5. The van der Waals surface area contributed by atoms with Gasteiger partial charge in [0.1, 0.15) is 12.4 Å². The summed E-state index contributed by atoms with van der Waals surface area (Å²) >= 11 is 0. The molecule has 146 valence electrons. The van der Waals surface area contributed by atoms with Crippen molar-refractivity contribution in [2.24, 2.45) is 5.92 Å². The van der Waals surface area contributed by atoms with E-state index in [0.29, 0.717) is 18.7 Å². The summed E-state index contributed by atoms with van der Waals surface area (Å²) in [5.74, 6) is 0.668. The van der Waals surface area contributed by atoms with E-state index in [9.17, 15) is 9.59 Å². The molecular weight excluding hydrogens is 348 g/mol. The molecule has 2 aromatic rings. The van der Waals surface area contributed by atoms with Gasteiger partial charge in [-0.05, 0) is 24.3 Å². The number of esters is 1. The summed E-state index contributed by atoms with van der Waals surface area (Å²) in [6.45, 7) is 2.84. The number of nitrogens with one attached hydrogen (secondary N) is 1. The first-order chi connectivity index (χ1) is 13.1. The molecule has 1 aromatic heterocycles. The highest BCUT2D eigenvalue weighted by Crippen LogP contribution is 2.12. The van der Waals surface area contributed by atoms with E-state index >= 15 is 0 Å². The number of benzene rings is 1. The normalized spacial score (nSPS) is 11.6. The number of methoxy groups -OCH3 is 1. The lowest BCUT2D eigenvalue weighted by Crippen LogP contribution is -2.29. The topological polar surface area (TPSA) is 90.7 Å². The van der Waals surface area contributed by atoms with Crippen LogP contribution in [0.5, 0.6) is 0 Å². The number of alkyl carbamates (subject to hydrolysis) is 1. The quantitative estimate of drug-likeness (QED) is 0.642. The van der Waals surface area contributed by atoms with Crippen LogP contribution in [0.2, 0.25) is 0 Å². The van der Waals surface area contributed by atoms with Crippen LogP contribution in [0.1, 0.15) is 36.8 Å². The fraction of sp³-hybridized carbons (Fsp3) is 0.450. The Labute approximate surface area is 159 Å². The first-order valence-corrected chi connectivity index (χ1v) is 9.02. The van der Waals surface area contributed by atoms with E-state index in [2.05, 4.69) is 22.1 Å². The van der Waals surface area contributed by atoms with Gasteiger partial charge in [0, 0.05) is 19.0 Å². The van der Waals surface area contributed by atoms with Gasteiger partial charge in [0.15, 0.2) is 0 Å². The summed E-state index contributed by atoms with van der Waals surface area (Å²) in [6, 6.07) is 11.4. The Bertz CT molecular complexity index is 714. The smallest absolute Gasteiger partial charge is 0.407 e. The molecule has 1 atom stereocenters. The molecule has 1 amide bonds. The molecule has 2 rings (SSSR count). The van der Waals surface area contributed by atoms with Crippen LogP contribution in [-0.4, -0.2) is 30.9 Å². The maximum absolute atomic E-state index is 11.8. The Hall–Kier alpha value is -2.83. The molecule has 1 heterocycles. The summed E-state index contributed by atoms with van der Waals surface area (Å²) in [5, 5.41) is 6.79. The number of hydrogen-bond acceptors (Lipinski definition) is 6. The highest BCUT2D eigenvalue weighted by molar-refractivity contribution is 5.69. The first-order valence-electron chi connectivity index (χ1n) is 9.02. The zero-order chi connectivity index (χ0) is 19.5. The molecule has 7 heteroatoms. The molecule has 0 saturated carbocycles. The fourth-order valence-electron chi connectivity index (χ4n) is 2.45. The molecule has 1 N–H and O–H groups in total. The third-order valence-electron chi connectivity index (χ3n) is 4.11. The van der Waals surface area contributed by atoms with Crippen LogP contribution in [0.25, 0.3) is 0 Å². The molecule has 7 nitrogen and oxygen atoms in total. The number of aryl methyl sites for hydroxylation is 2. The van der Waals surface area contributed by atoms with E-state index in [0.717, 1.165) is 24.1 Å². The second-order valence-electron chi connectivity index (χ2n) is 6.45. The van der Waals surface area contributed by atoms with Gasteiger partial charge in [-0.2, -0.15) is 0 Å². The van der Waals surface area contributed by atoms with Crippen molar-refractivity contribution in [2.45, 2.75) is 39.2 Å². The van der Waals surface area contributed by atoms with Crippen molar-refractivity contribution in [2.75, 3.05) is 13.7 Å². The molecular formula is C20H26N2O5. The van der Waals surface area contributed by atoms with Crippen molar-refractivity contribution in [1.82, 2.24) is 10.5 Å². The van der Waals surface area contributed by atoms with Gasteiger partial charge in [0.05, 0.1) is 19.2 Å². The molecule has 1 unspecified atom stereocenters.